The molecule has 4 heteroatoms. The van der Waals surface area contributed by atoms with Crippen molar-refractivity contribution in [3.63, 3.8) is 0 Å². The summed E-state index contributed by atoms with van der Waals surface area (Å²) in [7, 11) is 0. The maximum absolute atomic E-state index is 5.29. The molecule has 3 N–H and O–H groups in total. The van der Waals surface area contributed by atoms with Crippen molar-refractivity contribution < 1.29 is 0 Å². The molecule has 0 aliphatic rings. The van der Waals surface area contributed by atoms with Crippen molar-refractivity contribution in [1.82, 2.24) is 4.98 Å². The Bertz CT molecular complexity index is 517. The average molecular weight is 273 g/mol. The number of nitrogen functional groups attached to an aromatic ring is 1. The second-order valence-electron chi connectivity index (χ2n) is 4.68. The number of benzene rings is 1. The lowest BCUT2D eigenvalue weighted by molar-refractivity contribution is 1.19. The number of aromatic nitrogens is 1. The number of aryl methyl sites for hydroxylation is 2. The van der Waals surface area contributed by atoms with Crippen LogP contribution in [-0.2, 0) is 11.5 Å². The molecule has 0 atom stereocenters. The van der Waals surface area contributed by atoms with E-state index in [1.807, 2.05) is 24.0 Å². The van der Waals surface area contributed by atoms with Gasteiger partial charge in [-0.1, -0.05) is 35.4 Å². The fraction of sp³-hybridized carbons (Fsp3) is 0.267. The van der Waals surface area contributed by atoms with Gasteiger partial charge >= 0.3 is 0 Å². The van der Waals surface area contributed by atoms with E-state index in [9.17, 15) is 0 Å². The molecule has 0 unspecified atom stereocenters. The Hall–Kier alpha value is -1.52. The minimum Gasteiger partial charge on any atom is -0.308 e. The molecular formula is C15H19N3S. The number of nitrogens with two attached hydrogens (primary N) is 1. The van der Waals surface area contributed by atoms with E-state index in [-0.39, 0.29) is 0 Å². The molecule has 0 aliphatic heterocycles. The molecule has 0 aliphatic carbocycles. The zero-order valence-electron chi connectivity index (χ0n) is 11.3. The van der Waals surface area contributed by atoms with E-state index in [4.69, 9.17) is 5.84 Å². The number of hydrogen-bond acceptors (Lipinski definition) is 4. The standard InChI is InChI=1S/C15H19N3S/c1-11-5-12(2)7-14(6-11)10-19-9-13-3-4-15(18-16)17-8-13/h3-8H,9-10,16H2,1-2H3,(H,17,18). The summed E-state index contributed by atoms with van der Waals surface area (Å²) >= 11 is 1.90. The molecule has 1 aromatic carbocycles. The van der Waals surface area contributed by atoms with Gasteiger partial charge in [-0.15, -0.1) is 0 Å². The van der Waals surface area contributed by atoms with E-state index in [2.05, 4.69) is 48.5 Å². The number of hydrazine groups is 1. The maximum Gasteiger partial charge on any atom is 0.139 e. The summed E-state index contributed by atoms with van der Waals surface area (Å²) in [5, 5.41) is 0. The number of rotatable bonds is 5. The summed E-state index contributed by atoms with van der Waals surface area (Å²) in [5.41, 5.74) is 7.79. The van der Waals surface area contributed by atoms with Gasteiger partial charge < -0.3 is 5.43 Å². The van der Waals surface area contributed by atoms with E-state index in [1.165, 1.54) is 22.3 Å². The highest BCUT2D eigenvalue weighted by molar-refractivity contribution is 7.97. The van der Waals surface area contributed by atoms with Crippen molar-refractivity contribution in [1.29, 1.82) is 0 Å². The van der Waals surface area contributed by atoms with E-state index in [0.29, 0.717) is 5.82 Å². The van der Waals surface area contributed by atoms with Crippen LogP contribution in [0.25, 0.3) is 0 Å². The molecule has 0 saturated carbocycles. The monoisotopic (exact) mass is 273 g/mol. The van der Waals surface area contributed by atoms with Crippen LogP contribution in [-0.4, -0.2) is 4.98 Å². The largest absolute Gasteiger partial charge is 0.308 e. The van der Waals surface area contributed by atoms with Gasteiger partial charge in [0.2, 0.25) is 0 Å². The van der Waals surface area contributed by atoms with Gasteiger partial charge in [-0.05, 0) is 31.0 Å². The van der Waals surface area contributed by atoms with Crippen LogP contribution in [0, 0.1) is 13.8 Å². The predicted octanol–water partition coefficient (Wildman–Crippen LogP) is 3.42. The smallest absolute Gasteiger partial charge is 0.139 e. The van der Waals surface area contributed by atoms with E-state index >= 15 is 0 Å². The number of pyridine rings is 1. The SMILES string of the molecule is Cc1cc(C)cc(CSCc2ccc(NN)nc2)c1. The highest BCUT2D eigenvalue weighted by atomic mass is 32.2. The van der Waals surface area contributed by atoms with Crippen LogP contribution in [0.15, 0.2) is 36.5 Å². The third-order valence-electron chi connectivity index (χ3n) is 2.79. The van der Waals surface area contributed by atoms with Crippen LogP contribution in [0.5, 0.6) is 0 Å². The van der Waals surface area contributed by atoms with Crippen LogP contribution in [0.2, 0.25) is 0 Å². The van der Waals surface area contributed by atoms with Gasteiger partial charge in [0.25, 0.3) is 0 Å². The summed E-state index contributed by atoms with van der Waals surface area (Å²) in [6.45, 7) is 4.28. The van der Waals surface area contributed by atoms with Gasteiger partial charge in [-0.3, -0.25) is 0 Å². The highest BCUT2D eigenvalue weighted by Gasteiger charge is 1.99. The third-order valence-corrected chi connectivity index (χ3v) is 3.87. The fourth-order valence-electron chi connectivity index (χ4n) is 2.03. The lowest BCUT2D eigenvalue weighted by Crippen LogP contribution is -2.08. The first-order chi connectivity index (χ1) is 9.17. The fourth-order valence-corrected chi connectivity index (χ4v) is 2.95. The summed E-state index contributed by atoms with van der Waals surface area (Å²) in [4.78, 5) is 4.20. The summed E-state index contributed by atoms with van der Waals surface area (Å²) in [6.07, 6.45) is 1.86. The molecule has 100 valence electrons. The van der Waals surface area contributed by atoms with Gasteiger partial charge in [0.1, 0.15) is 5.82 Å². The summed E-state index contributed by atoms with van der Waals surface area (Å²) in [5.74, 6) is 7.97. The topological polar surface area (TPSA) is 50.9 Å². The van der Waals surface area contributed by atoms with E-state index in [1.54, 1.807) is 0 Å². The van der Waals surface area contributed by atoms with Crippen LogP contribution in [0.4, 0.5) is 5.82 Å². The van der Waals surface area contributed by atoms with Gasteiger partial charge in [0.05, 0.1) is 0 Å². The van der Waals surface area contributed by atoms with Crippen LogP contribution in [0.3, 0.4) is 0 Å². The highest BCUT2D eigenvalue weighted by Crippen LogP contribution is 2.19. The molecule has 0 amide bonds. The first-order valence-corrected chi connectivity index (χ1v) is 7.39. The Morgan fingerprint density at radius 1 is 1.05 bits per heavy atom. The molecular weight excluding hydrogens is 254 g/mol. The third kappa shape index (κ3) is 4.26. The first kappa shape index (κ1) is 13.9. The zero-order chi connectivity index (χ0) is 13.7. The number of anilines is 1. The molecule has 0 radical (unpaired) electrons. The lowest BCUT2D eigenvalue weighted by atomic mass is 10.1. The molecule has 19 heavy (non-hydrogen) atoms. The van der Waals surface area contributed by atoms with Crippen LogP contribution < -0.4 is 11.3 Å². The molecule has 2 aromatic rings. The average Bonchev–Trinajstić information content (AvgIpc) is 2.38. The van der Waals surface area contributed by atoms with Gasteiger partial charge in [0.15, 0.2) is 0 Å². The Balaban J connectivity index is 1.88. The van der Waals surface area contributed by atoms with E-state index in [0.717, 1.165) is 11.5 Å². The molecule has 0 spiro atoms. The Labute approximate surface area is 118 Å². The second-order valence-corrected chi connectivity index (χ2v) is 5.67. The Kier molecular flexibility index (Phi) is 4.82. The molecule has 0 saturated heterocycles. The minimum atomic E-state index is 0.697. The van der Waals surface area contributed by atoms with Gasteiger partial charge in [-0.2, -0.15) is 11.8 Å². The molecule has 0 fully saturated rings. The van der Waals surface area contributed by atoms with Crippen molar-refractivity contribution in [2.45, 2.75) is 25.4 Å². The normalized spacial score (nSPS) is 10.5. The van der Waals surface area contributed by atoms with Crippen molar-refractivity contribution in [3.8, 4) is 0 Å². The second kappa shape index (κ2) is 6.59. The van der Waals surface area contributed by atoms with Gasteiger partial charge in [-0.25, -0.2) is 10.8 Å². The quantitative estimate of drug-likeness (QED) is 0.647. The lowest BCUT2D eigenvalue weighted by Gasteiger charge is -2.06. The van der Waals surface area contributed by atoms with Crippen molar-refractivity contribution in [3.05, 3.63) is 58.8 Å². The number of hydrogen-bond donors (Lipinski definition) is 2. The molecule has 0 bridgehead atoms. The summed E-state index contributed by atoms with van der Waals surface area (Å²) < 4.78 is 0. The predicted molar refractivity (Wildman–Crippen MR) is 83.0 cm³/mol. The molecule has 3 nitrogen and oxygen atoms in total. The molecule has 2 rings (SSSR count). The number of nitrogens with one attached hydrogen (secondary N) is 1. The van der Waals surface area contributed by atoms with Crippen molar-refractivity contribution >= 4 is 17.6 Å². The maximum atomic E-state index is 5.29. The number of thioether (sulfide) groups is 1. The van der Waals surface area contributed by atoms with Crippen LogP contribution in [0.1, 0.15) is 22.3 Å². The minimum absolute atomic E-state index is 0.697. The van der Waals surface area contributed by atoms with Crippen LogP contribution >= 0.6 is 11.8 Å². The molecule has 1 aromatic heterocycles. The summed E-state index contributed by atoms with van der Waals surface area (Å²) in [6, 6.07) is 10.7. The first-order valence-electron chi connectivity index (χ1n) is 6.24. The zero-order valence-corrected chi connectivity index (χ0v) is 12.1. The Morgan fingerprint density at radius 3 is 2.32 bits per heavy atom. The van der Waals surface area contributed by atoms with E-state index < -0.39 is 0 Å². The van der Waals surface area contributed by atoms with Gasteiger partial charge in [0, 0.05) is 17.7 Å². The van der Waals surface area contributed by atoms with Crippen molar-refractivity contribution in [2.75, 3.05) is 5.43 Å². The molecule has 1 heterocycles. The van der Waals surface area contributed by atoms with Crippen molar-refractivity contribution in [2.24, 2.45) is 5.84 Å². The Morgan fingerprint density at radius 2 is 1.74 bits per heavy atom. The number of nitrogens with zero attached hydrogens (tertiary/aromatic N) is 1.